The minimum absolute atomic E-state index is 0.188. The van der Waals surface area contributed by atoms with Crippen molar-refractivity contribution < 1.29 is 13.2 Å². The first-order chi connectivity index (χ1) is 5.50. The molecule has 1 heterocycles. The molecule has 4 heteroatoms. The van der Waals surface area contributed by atoms with Crippen molar-refractivity contribution in [1.82, 2.24) is 5.32 Å². The third-order valence-electron chi connectivity index (χ3n) is 0.957. The van der Waals surface area contributed by atoms with E-state index in [1.165, 1.54) is 25.9 Å². The van der Waals surface area contributed by atoms with Gasteiger partial charge >= 0.3 is 6.18 Å². The lowest BCUT2D eigenvalue weighted by molar-refractivity contribution is -0.110. The Kier molecular flexibility index (Phi) is 10.5. The SMILES string of the molecule is C1CCNC1.CC.CC(F)(F)F. The molecule has 1 fully saturated rings. The van der Waals surface area contributed by atoms with Crippen molar-refractivity contribution in [2.75, 3.05) is 13.1 Å². The van der Waals surface area contributed by atoms with Crippen LogP contribution in [0.2, 0.25) is 0 Å². The lowest BCUT2D eigenvalue weighted by atomic mass is 10.4. The van der Waals surface area contributed by atoms with E-state index in [4.69, 9.17) is 0 Å². The van der Waals surface area contributed by atoms with Crippen LogP contribution < -0.4 is 5.32 Å². The zero-order valence-corrected chi connectivity index (χ0v) is 7.96. The summed E-state index contributed by atoms with van der Waals surface area (Å²) in [5, 5.41) is 3.22. The monoisotopic (exact) mass is 185 g/mol. The number of hydrogen-bond acceptors (Lipinski definition) is 1. The topological polar surface area (TPSA) is 12.0 Å². The Morgan fingerprint density at radius 2 is 1.25 bits per heavy atom. The highest BCUT2D eigenvalue weighted by atomic mass is 19.4. The third-order valence-corrected chi connectivity index (χ3v) is 0.957. The van der Waals surface area contributed by atoms with E-state index >= 15 is 0 Å². The molecule has 12 heavy (non-hydrogen) atoms. The molecule has 76 valence electrons. The molecular weight excluding hydrogens is 167 g/mol. The maximum absolute atomic E-state index is 10.4. The van der Waals surface area contributed by atoms with Crippen molar-refractivity contribution in [3.63, 3.8) is 0 Å². The summed E-state index contributed by atoms with van der Waals surface area (Å²) < 4.78 is 31.1. The fraction of sp³-hybridized carbons (Fsp3) is 1.00. The van der Waals surface area contributed by atoms with Crippen molar-refractivity contribution in [1.29, 1.82) is 0 Å². The molecule has 1 saturated heterocycles. The molecule has 1 N–H and O–H groups in total. The van der Waals surface area contributed by atoms with Crippen LogP contribution in [0.4, 0.5) is 13.2 Å². The fourth-order valence-corrected chi connectivity index (χ4v) is 0.625. The highest BCUT2D eigenvalue weighted by molar-refractivity contribution is 4.55. The molecule has 0 spiro atoms. The van der Waals surface area contributed by atoms with Crippen molar-refractivity contribution >= 4 is 0 Å². The van der Waals surface area contributed by atoms with Crippen LogP contribution in [0.5, 0.6) is 0 Å². The van der Waals surface area contributed by atoms with E-state index in [0.717, 1.165) is 0 Å². The summed E-state index contributed by atoms with van der Waals surface area (Å²) in [6, 6.07) is 0. The van der Waals surface area contributed by atoms with E-state index in [9.17, 15) is 13.2 Å². The van der Waals surface area contributed by atoms with Crippen molar-refractivity contribution in [2.45, 2.75) is 39.8 Å². The molecule has 1 rings (SSSR count). The van der Waals surface area contributed by atoms with Crippen LogP contribution in [-0.4, -0.2) is 19.3 Å². The molecule has 0 amide bonds. The average Bonchev–Trinajstić information content (AvgIpc) is 2.41. The van der Waals surface area contributed by atoms with Gasteiger partial charge in [0, 0.05) is 6.92 Å². The zero-order valence-electron chi connectivity index (χ0n) is 7.96. The van der Waals surface area contributed by atoms with Crippen LogP contribution in [0.25, 0.3) is 0 Å². The predicted molar refractivity (Wildman–Crippen MR) is 45.2 cm³/mol. The minimum Gasteiger partial charge on any atom is -0.317 e. The van der Waals surface area contributed by atoms with Crippen molar-refractivity contribution in [2.24, 2.45) is 0 Å². The molecule has 1 aliphatic rings. The highest BCUT2D eigenvalue weighted by Gasteiger charge is 2.15. The summed E-state index contributed by atoms with van der Waals surface area (Å²) in [5.74, 6) is 0. The second-order valence-electron chi connectivity index (χ2n) is 2.24. The third kappa shape index (κ3) is 33.1. The molecule has 0 aromatic carbocycles. The summed E-state index contributed by atoms with van der Waals surface area (Å²) in [6.07, 6.45) is -1.22. The summed E-state index contributed by atoms with van der Waals surface area (Å²) in [6.45, 7) is 6.69. The molecule has 0 atom stereocenters. The lowest BCUT2D eigenvalue weighted by Gasteiger charge is -1.88. The lowest BCUT2D eigenvalue weighted by Crippen LogP contribution is -2.03. The quantitative estimate of drug-likeness (QED) is 0.611. The van der Waals surface area contributed by atoms with E-state index in [2.05, 4.69) is 5.32 Å². The minimum atomic E-state index is -4.00. The van der Waals surface area contributed by atoms with E-state index in [0.29, 0.717) is 0 Å². The van der Waals surface area contributed by atoms with Gasteiger partial charge in [0.15, 0.2) is 0 Å². The molecule has 0 unspecified atom stereocenters. The molecule has 0 aromatic rings. The van der Waals surface area contributed by atoms with Gasteiger partial charge in [0.25, 0.3) is 0 Å². The van der Waals surface area contributed by atoms with Gasteiger partial charge in [-0.05, 0) is 25.9 Å². The summed E-state index contributed by atoms with van der Waals surface area (Å²) in [5.41, 5.74) is 0. The summed E-state index contributed by atoms with van der Waals surface area (Å²) in [7, 11) is 0. The van der Waals surface area contributed by atoms with Crippen LogP contribution in [-0.2, 0) is 0 Å². The standard InChI is InChI=1S/C4H9N.C2H3F3.C2H6/c1-2-4-5-3-1;1-2(3,4)5;1-2/h5H,1-4H2;1H3;1-2H3. The van der Waals surface area contributed by atoms with Gasteiger partial charge in [0.1, 0.15) is 0 Å². The van der Waals surface area contributed by atoms with E-state index in [1.807, 2.05) is 13.8 Å². The van der Waals surface area contributed by atoms with Crippen molar-refractivity contribution in [3.05, 3.63) is 0 Å². The normalized spacial score (nSPS) is 15.5. The Morgan fingerprint density at radius 1 is 1.00 bits per heavy atom. The van der Waals surface area contributed by atoms with Gasteiger partial charge in [-0.2, -0.15) is 13.2 Å². The van der Waals surface area contributed by atoms with Gasteiger partial charge in [0.05, 0.1) is 0 Å². The number of nitrogens with one attached hydrogen (secondary N) is 1. The Morgan fingerprint density at radius 3 is 1.33 bits per heavy atom. The van der Waals surface area contributed by atoms with E-state index in [-0.39, 0.29) is 6.92 Å². The van der Waals surface area contributed by atoms with Gasteiger partial charge in [-0.3, -0.25) is 0 Å². The first-order valence-corrected chi connectivity index (χ1v) is 4.27. The Labute approximate surface area is 72.3 Å². The zero-order chi connectivity index (χ0) is 10.0. The summed E-state index contributed by atoms with van der Waals surface area (Å²) in [4.78, 5) is 0. The first kappa shape index (κ1) is 14.3. The van der Waals surface area contributed by atoms with Gasteiger partial charge in [-0.15, -0.1) is 0 Å². The van der Waals surface area contributed by atoms with Crippen LogP contribution >= 0.6 is 0 Å². The largest absolute Gasteiger partial charge is 0.386 e. The first-order valence-electron chi connectivity index (χ1n) is 4.27. The van der Waals surface area contributed by atoms with E-state index < -0.39 is 6.18 Å². The molecule has 0 bridgehead atoms. The van der Waals surface area contributed by atoms with Crippen LogP contribution in [0.1, 0.15) is 33.6 Å². The predicted octanol–water partition coefficient (Wildman–Crippen LogP) is 2.96. The highest BCUT2D eigenvalue weighted by Crippen LogP contribution is 2.10. The Balaban J connectivity index is 0. The number of halogens is 3. The van der Waals surface area contributed by atoms with Crippen LogP contribution in [0.15, 0.2) is 0 Å². The maximum Gasteiger partial charge on any atom is 0.386 e. The molecule has 0 aromatic heterocycles. The Bertz CT molecular complexity index is 63.3. The van der Waals surface area contributed by atoms with Gasteiger partial charge in [-0.1, -0.05) is 13.8 Å². The second kappa shape index (κ2) is 8.84. The maximum atomic E-state index is 10.4. The van der Waals surface area contributed by atoms with Gasteiger partial charge in [-0.25, -0.2) is 0 Å². The van der Waals surface area contributed by atoms with Crippen LogP contribution in [0, 0.1) is 0 Å². The molecule has 0 saturated carbocycles. The molecule has 1 nitrogen and oxygen atoms in total. The second-order valence-corrected chi connectivity index (χ2v) is 2.24. The van der Waals surface area contributed by atoms with Gasteiger partial charge in [0.2, 0.25) is 0 Å². The molecular formula is C8H18F3N. The Hall–Kier alpha value is -0.250. The molecule has 1 aliphatic heterocycles. The fourth-order valence-electron chi connectivity index (χ4n) is 0.625. The molecule has 0 aliphatic carbocycles. The smallest absolute Gasteiger partial charge is 0.317 e. The van der Waals surface area contributed by atoms with Crippen molar-refractivity contribution in [3.8, 4) is 0 Å². The van der Waals surface area contributed by atoms with Crippen LogP contribution in [0.3, 0.4) is 0 Å². The van der Waals surface area contributed by atoms with Gasteiger partial charge < -0.3 is 5.32 Å². The summed E-state index contributed by atoms with van der Waals surface area (Å²) >= 11 is 0. The molecule has 0 radical (unpaired) electrons. The number of rotatable bonds is 0. The number of hydrogen-bond donors (Lipinski definition) is 1. The van der Waals surface area contributed by atoms with E-state index in [1.54, 1.807) is 0 Å². The average molecular weight is 185 g/mol. The number of alkyl halides is 3.